The molecule has 6 rings (SSSR count). The van der Waals surface area contributed by atoms with Gasteiger partial charge >= 0.3 is 0 Å². The van der Waals surface area contributed by atoms with Gasteiger partial charge in [0.1, 0.15) is 0 Å². The van der Waals surface area contributed by atoms with Crippen molar-refractivity contribution in [1.29, 1.82) is 0 Å². The highest BCUT2D eigenvalue weighted by Gasteiger charge is 2.21. The van der Waals surface area contributed by atoms with Crippen LogP contribution in [0.25, 0.3) is 38.6 Å². The first-order chi connectivity index (χ1) is 13.8. The summed E-state index contributed by atoms with van der Waals surface area (Å²) < 4.78 is 3.59. The van der Waals surface area contributed by atoms with Crippen LogP contribution in [0.15, 0.2) is 89.4 Å². The molecule has 1 nitrogen and oxygen atoms in total. The van der Waals surface area contributed by atoms with Crippen LogP contribution in [0.5, 0.6) is 0 Å². The number of rotatable bonds is 2. The van der Waals surface area contributed by atoms with E-state index < -0.39 is 0 Å². The lowest BCUT2D eigenvalue weighted by Crippen LogP contribution is -1.98. The first-order valence-electron chi connectivity index (χ1n) is 9.70. The molecular formula is C26H18BrN. The van der Waals surface area contributed by atoms with E-state index in [-0.39, 0.29) is 0 Å². The van der Waals surface area contributed by atoms with Crippen LogP contribution in [0.1, 0.15) is 11.1 Å². The number of nitrogens with zero attached hydrogens (tertiary/aromatic N) is 1. The summed E-state index contributed by atoms with van der Waals surface area (Å²) in [5.74, 6) is 0. The van der Waals surface area contributed by atoms with Gasteiger partial charge in [-0.25, -0.2) is 0 Å². The lowest BCUT2D eigenvalue weighted by molar-refractivity contribution is 0.968. The molecule has 0 saturated heterocycles. The summed E-state index contributed by atoms with van der Waals surface area (Å²) in [6.07, 6.45) is 2.22. The minimum absolute atomic E-state index is 1.11. The lowest BCUT2D eigenvalue weighted by Gasteiger charge is -2.13. The fourth-order valence-corrected chi connectivity index (χ4v) is 5.21. The van der Waals surface area contributed by atoms with Crippen molar-refractivity contribution in [3.8, 4) is 16.8 Å². The monoisotopic (exact) mass is 423 g/mol. The molecule has 0 aliphatic heterocycles. The van der Waals surface area contributed by atoms with Gasteiger partial charge in [-0.05, 0) is 65.4 Å². The molecule has 1 aromatic heterocycles. The van der Waals surface area contributed by atoms with Crippen LogP contribution in [0, 0.1) is 0 Å². The van der Waals surface area contributed by atoms with Gasteiger partial charge in [-0.15, -0.1) is 0 Å². The molecule has 28 heavy (non-hydrogen) atoms. The molecule has 0 saturated carbocycles. The molecule has 2 heteroatoms. The Bertz CT molecular complexity index is 1360. The molecule has 0 bridgehead atoms. The Balaban J connectivity index is 1.71. The van der Waals surface area contributed by atoms with Crippen LogP contribution in [0.4, 0.5) is 0 Å². The number of hydrogen-bond acceptors (Lipinski definition) is 0. The second-order valence-electron chi connectivity index (χ2n) is 7.52. The van der Waals surface area contributed by atoms with Crippen molar-refractivity contribution < 1.29 is 0 Å². The Hall–Kier alpha value is -2.84. The van der Waals surface area contributed by atoms with Gasteiger partial charge in [0.05, 0.1) is 11.0 Å². The standard InChI is InChI=1S/C26H18BrN/c27-21-14-20-13-12-18-8-5-11-23-25(18)26(20)24(16-21)28(23)22-10-4-9-19(15-22)17-6-2-1-3-7-17/h1-11,14-16H,12-13H2. The van der Waals surface area contributed by atoms with E-state index in [2.05, 4.69) is 105 Å². The maximum Gasteiger partial charge on any atom is 0.0555 e. The number of aryl methyl sites for hydroxylation is 2. The van der Waals surface area contributed by atoms with Gasteiger partial charge < -0.3 is 4.57 Å². The van der Waals surface area contributed by atoms with Gasteiger partial charge in [0.25, 0.3) is 0 Å². The van der Waals surface area contributed by atoms with Crippen LogP contribution in [0.3, 0.4) is 0 Å². The normalized spacial score (nSPS) is 12.9. The Morgan fingerprint density at radius 1 is 0.607 bits per heavy atom. The van der Waals surface area contributed by atoms with E-state index in [9.17, 15) is 0 Å². The summed E-state index contributed by atoms with van der Waals surface area (Å²) in [4.78, 5) is 0. The van der Waals surface area contributed by atoms with Crippen molar-refractivity contribution in [2.45, 2.75) is 12.8 Å². The fraction of sp³-hybridized carbons (Fsp3) is 0.0769. The van der Waals surface area contributed by atoms with Crippen LogP contribution in [0.2, 0.25) is 0 Å². The molecule has 1 aliphatic carbocycles. The van der Waals surface area contributed by atoms with Crippen LogP contribution in [-0.4, -0.2) is 4.57 Å². The summed E-state index contributed by atoms with van der Waals surface area (Å²) in [5.41, 5.74) is 9.21. The van der Waals surface area contributed by atoms with Gasteiger partial charge in [-0.3, -0.25) is 0 Å². The summed E-state index contributed by atoms with van der Waals surface area (Å²) in [5, 5.41) is 2.85. The molecular weight excluding hydrogens is 406 g/mol. The molecule has 134 valence electrons. The molecule has 0 radical (unpaired) electrons. The maximum atomic E-state index is 3.75. The van der Waals surface area contributed by atoms with Gasteiger partial charge in [0.15, 0.2) is 0 Å². The fourth-order valence-electron chi connectivity index (χ4n) is 4.71. The molecule has 0 spiro atoms. The Morgan fingerprint density at radius 2 is 1.36 bits per heavy atom. The molecule has 1 heterocycles. The highest BCUT2D eigenvalue weighted by atomic mass is 79.9. The van der Waals surface area contributed by atoms with E-state index in [4.69, 9.17) is 0 Å². The molecule has 5 aromatic rings. The highest BCUT2D eigenvalue weighted by Crippen LogP contribution is 2.41. The number of halogens is 1. The predicted octanol–water partition coefficient (Wildman–Crippen LogP) is 7.31. The first kappa shape index (κ1) is 16.1. The molecule has 0 amide bonds. The molecule has 0 fully saturated rings. The van der Waals surface area contributed by atoms with Gasteiger partial charge in [0, 0.05) is 20.9 Å². The van der Waals surface area contributed by atoms with Crippen LogP contribution in [-0.2, 0) is 12.8 Å². The van der Waals surface area contributed by atoms with E-state index in [1.165, 1.54) is 49.7 Å². The minimum Gasteiger partial charge on any atom is -0.309 e. The smallest absolute Gasteiger partial charge is 0.0555 e. The van der Waals surface area contributed by atoms with Gasteiger partial charge in [-0.2, -0.15) is 0 Å². The quantitative estimate of drug-likeness (QED) is 0.280. The first-order valence-corrected chi connectivity index (χ1v) is 10.5. The number of aromatic nitrogens is 1. The van der Waals surface area contributed by atoms with Gasteiger partial charge in [-0.1, -0.05) is 70.5 Å². The van der Waals surface area contributed by atoms with Crippen molar-refractivity contribution in [3.63, 3.8) is 0 Å². The van der Waals surface area contributed by atoms with E-state index >= 15 is 0 Å². The lowest BCUT2D eigenvalue weighted by atomic mass is 9.91. The van der Waals surface area contributed by atoms with Crippen molar-refractivity contribution in [2.75, 3.05) is 0 Å². The summed E-state index contributed by atoms with van der Waals surface area (Å²) in [7, 11) is 0. The Kier molecular flexibility index (Phi) is 3.51. The van der Waals surface area contributed by atoms with E-state index in [0.717, 1.165) is 17.3 Å². The minimum atomic E-state index is 1.11. The largest absolute Gasteiger partial charge is 0.309 e. The molecule has 4 aromatic carbocycles. The van der Waals surface area contributed by atoms with Crippen LogP contribution >= 0.6 is 15.9 Å². The summed E-state index contributed by atoms with van der Waals surface area (Å²) in [6, 6.07) is 30.8. The van der Waals surface area contributed by atoms with E-state index in [0.29, 0.717) is 0 Å². The third-order valence-corrected chi connectivity index (χ3v) is 6.36. The number of hydrogen-bond donors (Lipinski definition) is 0. The molecule has 0 N–H and O–H groups in total. The van der Waals surface area contributed by atoms with Crippen LogP contribution < -0.4 is 0 Å². The maximum absolute atomic E-state index is 3.75. The average molecular weight is 424 g/mol. The van der Waals surface area contributed by atoms with Crippen molar-refractivity contribution in [2.24, 2.45) is 0 Å². The zero-order valence-electron chi connectivity index (χ0n) is 15.3. The Morgan fingerprint density at radius 3 is 2.25 bits per heavy atom. The second kappa shape index (κ2) is 6.08. The van der Waals surface area contributed by atoms with Crippen molar-refractivity contribution >= 4 is 37.7 Å². The topological polar surface area (TPSA) is 4.93 Å². The molecule has 1 aliphatic rings. The van der Waals surface area contributed by atoms with Crippen molar-refractivity contribution in [3.05, 3.63) is 101 Å². The average Bonchev–Trinajstić information content (AvgIpc) is 3.07. The van der Waals surface area contributed by atoms with Gasteiger partial charge in [0.2, 0.25) is 0 Å². The SMILES string of the molecule is Brc1cc2c3c4c(cccc4n(-c4cccc(-c5ccccc5)c4)c3c1)CC2. The van der Waals surface area contributed by atoms with Crippen molar-refractivity contribution in [1.82, 2.24) is 4.57 Å². The highest BCUT2D eigenvalue weighted by molar-refractivity contribution is 9.10. The third kappa shape index (κ3) is 2.31. The number of benzene rings is 4. The third-order valence-electron chi connectivity index (χ3n) is 5.90. The zero-order chi connectivity index (χ0) is 18.7. The second-order valence-corrected chi connectivity index (χ2v) is 8.44. The van der Waals surface area contributed by atoms with E-state index in [1.807, 2.05) is 0 Å². The molecule has 0 unspecified atom stereocenters. The summed E-state index contributed by atoms with van der Waals surface area (Å²) >= 11 is 3.75. The van der Waals surface area contributed by atoms with E-state index in [1.54, 1.807) is 0 Å². The summed E-state index contributed by atoms with van der Waals surface area (Å²) in [6.45, 7) is 0. The predicted molar refractivity (Wildman–Crippen MR) is 121 cm³/mol. The molecule has 0 atom stereocenters. The Labute approximate surface area is 172 Å². The zero-order valence-corrected chi connectivity index (χ0v) is 16.9.